The van der Waals surface area contributed by atoms with Gasteiger partial charge in [0, 0.05) is 19.8 Å². The summed E-state index contributed by atoms with van der Waals surface area (Å²) >= 11 is 0. The Bertz CT molecular complexity index is 274. The fraction of sp³-hybridized carbons (Fsp3) is 0.947. The Morgan fingerprint density at radius 2 is 1.74 bits per heavy atom. The first kappa shape index (κ1) is 24.6. The zero-order chi connectivity index (χ0) is 18.3. The third-order valence-corrected chi connectivity index (χ3v) is 3.54. The Labute approximate surface area is 144 Å². The Morgan fingerprint density at radius 3 is 2.22 bits per heavy atom. The molecule has 0 amide bonds. The van der Waals surface area contributed by atoms with Gasteiger partial charge in [-0.2, -0.15) is 0 Å². The maximum atomic E-state index is 11.2. The molecule has 1 N–H and O–H groups in total. The van der Waals surface area contributed by atoms with E-state index in [0.29, 0.717) is 25.0 Å². The molecule has 0 bridgehead atoms. The number of hydrogen-bond acceptors (Lipinski definition) is 3. The summed E-state index contributed by atoms with van der Waals surface area (Å²) in [6.45, 7) is 15.8. The summed E-state index contributed by atoms with van der Waals surface area (Å²) in [4.78, 5) is 13.3. The molecule has 4 nitrogen and oxygen atoms in total. The predicted molar refractivity (Wildman–Crippen MR) is 99.0 cm³/mol. The zero-order valence-corrected chi connectivity index (χ0v) is 16.7. The van der Waals surface area contributed by atoms with Gasteiger partial charge in [-0.15, -0.1) is 0 Å². The smallest absolute Gasteiger partial charge is 0.307 e. The highest BCUT2D eigenvalue weighted by molar-refractivity contribution is 5.70. The van der Waals surface area contributed by atoms with E-state index >= 15 is 0 Å². The minimum Gasteiger partial charge on any atom is -0.481 e. The number of rotatable bonds is 12. The lowest BCUT2D eigenvalue weighted by atomic mass is 9.91. The lowest BCUT2D eigenvalue weighted by molar-refractivity contribution is -0.142. The van der Waals surface area contributed by atoms with E-state index in [1.165, 1.54) is 0 Å². The van der Waals surface area contributed by atoms with Crippen LogP contribution in [0.1, 0.15) is 73.6 Å². The maximum absolute atomic E-state index is 11.2. The second-order valence-corrected chi connectivity index (χ2v) is 7.22. The molecule has 0 rings (SSSR count). The van der Waals surface area contributed by atoms with Gasteiger partial charge >= 0.3 is 5.97 Å². The average molecular weight is 332 g/mol. The van der Waals surface area contributed by atoms with Gasteiger partial charge in [0.15, 0.2) is 0 Å². The van der Waals surface area contributed by atoms with Crippen molar-refractivity contribution in [2.45, 2.75) is 73.6 Å². The molecule has 0 aromatic carbocycles. The summed E-state index contributed by atoms with van der Waals surface area (Å²) in [5, 5.41) is 9.25. The van der Waals surface area contributed by atoms with Crippen molar-refractivity contribution in [3.63, 3.8) is 0 Å². The van der Waals surface area contributed by atoms with Gasteiger partial charge in [-0.1, -0.05) is 41.5 Å². The Morgan fingerprint density at radius 1 is 1.17 bits per heavy atom. The molecule has 0 saturated carbocycles. The number of carboxylic acid groups (broad SMARTS) is 1. The molecule has 0 radical (unpaired) electrons. The standard InChI is InChI=1S/C17H35NO3.C2H6/c1-6-11-18(5)14-15(16(19)20)9-7-12-21-13-8-10-17(2,3)4;1-2/h15H,6-14H2,1-5H3,(H,19,20);1-2H3. The van der Waals surface area contributed by atoms with E-state index in [1.54, 1.807) is 0 Å². The van der Waals surface area contributed by atoms with Gasteiger partial charge in [-0.05, 0) is 51.1 Å². The lowest BCUT2D eigenvalue weighted by Gasteiger charge is -2.21. The van der Waals surface area contributed by atoms with E-state index in [4.69, 9.17) is 4.74 Å². The Hall–Kier alpha value is -0.610. The van der Waals surface area contributed by atoms with Crippen LogP contribution in [0.5, 0.6) is 0 Å². The minimum atomic E-state index is -0.689. The van der Waals surface area contributed by atoms with Crippen molar-refractivity contribution in [2.75, 3.05) is 33.4 Å². The van der Waals surface area contributed by atoms with E-state index in [9.17, 15) is 9.90 Å². The highest BCUT2D eigenvalue weighted by Gasteiger charge is 2.18. The maximum Gasteiger partial charge on any atom is 0.307 e. The molecule has 0 aromatic heterocycles. The van der Waals surface area contributed by atoms with Gasteiger partial charge in [0.05, 0.1) is 5.92 Å². The minimum absolute atomic E-state index is 0.278. The van der Waals surface area contributed by atoms with Gasteiger partial charge in [-0.25, -0.2) is 0 Å². The molecule has 4 heteroatoms. The van der Waals surface area contributed by atoms with E-state index in [1.807, 2.05) is 20.9 Å². The van der Waals surface area contributed by atoms with Crippen molar-refractivity contribution in [1.29, 1.82) is 0 Å². The van der Waals surface area contributed by atoms with Crippen LogP contribution in [0.25, 0.3) is 0 Å². The molecule has 0 aromatic rings. The van der Waals surface area contributed by atoms with Gasteiger partial charge < -0.3 is 14.7 Å². The van der Waals surface area contributed by atoms with E-state index < -0.39 is 5.97 Å². The van der Waals surface area contributed by atoms with Crippen LogP contribution in [0.15, 0.2) is 0 Å². The van der Waals surface area contributed by atoms with E-state index in [2.05, 4.69) is 32.6 Å². The van der Waals surface area contributed by atoms with Crippen LogP contribution < -0.4 is 0 Å². The molecule has 0 aliphatic heterocycles. The molecule has 0 aliphatic rings. The molecular formula is C19H41NO3. The monoisotopic (exact) mass is 331 g/mol. The molecular weight excluding hydrogens is 290 g/mol. The largest absolute Gasteiger partial charge is 0.481 e. The number of ether oxygens (including phenoxy) is 1. The highest BCUT2D eigenvalue weighted by Crippen LogP contribution is 2.20. The third-order valence-electron chi connectivity index (χ3n) is 3.54. The van der Waals surface area contributed by atoms with E-state index in [-0.39, 0.29) is 5.92 Å². The quantitative estimate of drug-likeness (QED) is 0.528. The molecule has 0 fully saturated rings. The van der Waals surface area contributed by atoms with Crippen molar-refractivity contribution >= 4 is 5.97 Å². The summed E-state index contributed by atoms with van der Waals surface area (Å²) in [5.41, 5.74) is 0.363. The number of carbonyl (C=O) groups is 1. The lowest BCUT2D eigenvalue weighted by Crippen LogP contribution is -2.31. The van der Waals surface area contributed by atoms with Crippen molar-refractivity contribution in [3.8, 4) is 0 Å². The summed E-state index contributed by atoms with van der Waals surface area (Å²) in [6, 6.07) is 0. The molecule has 1 atom stereocenters. The normalized spacial score (nSPS) is 12.7. The van der Waals surface area contributed by atoms with Crippen molar-refractivity contribution < 1.29 is 14.6 Å². The molecule has 140 valence electrons. The fourth-order valence-electron chi connectivity index (χ4n) is 2.38. The Kier molecular flexibility index (Phi) is 16.0. The van der Waals surface area contributed by atoms with Crippen LogP contribution in [-0.4, -0.2) is 49.3 Å². The first-order valence-electron chi connectivity index (χ1n) is 9.25. The summed E-state index contributed by atoms with van der Waals surface area (Å²) in [7, 11) is 1.99. The Balaban J connectivity index is 0. The first-order chi connectivity index (χ1) is 10.8. The highest BCUT2D eigenvalue weighted by atomic mass is 16.5. The number of hydrogen-bond donors (Lipinski definition) is 1. The summed E-state index contributed by atoms with van der Waals surface area (Å²) in [6.07, 6.45) is 4.81. The van der Waals surface area contributed by atoms with Crippen LogP contribution >= 0.6 is 0 Å². The zero-order valence-electron chi connectivity index (χ0n) is 16.7. The van der Waals surface area contributed by atoms with E-state index in [0.717, 1.165) is 38.8 Å². The number of nitrogens with zero attached hydrogens (tertiary/aromatic N) is 1. The first-order valence-corrected chi connectivity index (χ1v) is 9.25. The SMILES string of the molecule is CC.CCCN(C)CC(CCCOCCCC(C)(C)C)C(=O)O. The second kappa shape index (κ2) is 14.9. The van der Waals surface area contributed by atoms with Gasteiger partial charge in [0.25, 0.3) is 0 Å². The van der Waals surface area contributed by atoms with Crippen LogP contribution in [-0.2, 0) is 9.53 Å². The topological polar surface area (TPSA) is 49.8 Å². The fourth-order valence-corrected chi connectivity index (χ4v) is 2.38. The van der Waals surface area contributed by atoms with Crippen LogP contribution in [0.3, 0.4) is 0 Å². The summed E-state index contributed by atoms with van der Waals surface area (Å²) < 4.78 is 5.61. The molecule has 0 spiro atoms. The van der Waals surface area contributed by atoms with Crippen molar-refractivity contribution in [2.24, 2.45) is 11.3 Å². The molecule has 0 saturated heterocycles. The van der Waals surface area contributed by atoms with Crippen molar-refractivity contribution in [1.82, 2.24) is 4.90 Å². The molecule has 0 aliphatic carbocycles. The second-order valence-electron chi connectivity index (χ2n) is 7.22. The third kappa shape index (κ3) is 17.6. The molecule has 1 unspecified atom stereocenters. The number of aliphatic carboxylic acids is 1. The predicted octanol–water partition coefficient (Wildman–Crippen LogP) is 4.68. The van der Waals surface area contributed by atoms with Crippen molar-refractivity contribution in [3.05, 3.63) is 0 Å². The average Bonchev–Trinajstić information content (AvgIpc) is 2.46. The van der Waals surface area contributed by atoms with Crippen LogP contribution in [0.2, 0.25) is 0 Å². The number of carboxylic acids is 1. The van der Waals surface area contributed by atoms with Crippen LogP contribution in [0.4, 0.5) is 0 Å². The van der Waals surface area contributed by atoms with Gasteiger partial charge in [0.1, 0.15) is 0 Å². The van der Waals surface area contributed by atoms with Crippen LogP contribution in [0, 0.1) is 11.3 Å². The molecule has 23 heavy (non-hydrogen) atoms. The molecule has 0 heterocycles. The van der Waals surface area contributed by atoms with Gasteiger partial charge in [-0.3, -0.25) is 4.79 Å². The van der Waals surface area contributed by atoms with Gasteiger partial charge in [0.2, 0.25) is 0 Å². The summed E-state index contributed by atoms with van der Waals surface area (Å²) in [5.74, 6) is -0.967.